The number of carbonyl (C=O) groups excluding carboxylic acids is 3. The van der Waals surface area contributed by atoms with Crippen LogP contribution in [0, 0.1) is 30.6 Å². The van der Waals surface area contributed by atoms with Crippen LogP contribution < -0.4 is 10.1 Å². The molecule has 0 radical (unpaired) electrons. The van der Waals surface area contributed by atoms with Crippen LogP contribution in [0.5, 0.6) is 23.0 Å². The summed E-state index contributed by atoms with van der Waals surface area (Å²) in [7, 11) is 1.44. The second-order valence-corrected chi connectivity index (χ2v) is 18.2. The Kier molecular flexibility index (Phi) is 16.1. The van der Waals surface area contributed by atoms with E-state index in [1.165, 1.54) is 65.0 Å². The van der Waals surface area contributed by atoms with Crippen molar-refractivity contribution in [3.8, 4) is 23.0 Å². The highest BCUT2D eigenvalue weighted by Crippen LogP contribution is 2.55. The van der Waals surface area contributed by atoms with Crippen LogP contribution in [0.2, 0.25) is 0 Å². The molecule has 1 fully saturated rings. The molecule has 16 nitrogen and oxygen atoms in total. The predicted octanol–water partition coefficient (Wildman–Crippen LogP) is 6.34. The molecule has 0 aromatic heterocycles. The average Bonchev–Trinajstić information content (AvgIpc) is 3.57. The topological polar surface area (TPSA) is 220 Å². The van der Waals surface area contributed by atoms with Crippen LogP contribution in [-0.4, -0.2) is 129 Å². The van der Waals surface area contributed by atoms with Gasteiger partial charge in [-0.3, -0.25) is 24.3 Å². The number of benzene rings is 3. The third kappa shape index (κ3) is 10.8. The van der Waals surface area contributed by atoms with Crippen molar-refractivity contribution >= 4 is 40.3 Å². The lowest BCUT2D eigenvalue weighted by Gasteiger charge is -2.38. The van der Waals surface area contributed by atoms with Gasteiger partial charge in [0.2, 0.25) is 0 Å². The Balaban J connectivity index is 1.41. The van der Waals surface area contributed by atoms with Gasteiger partial charge in [-0.25, -0.2) is 0 Å². The Morgan fingerprint density at radius 1 is 0.925 bits per heavy atom. The largest absolute Gasteiger partial charge is 0.507 e. The molecule has 3 aromatic rings. The zero-order valence-corrected chi connectivity index (χ0v) is 39.9. The van der Waals surface area contributed by atoms with Crippen LogP contribution in [0.4, 0.5) is 5.69 Å². The van der Waals surface area contributed by atoms with Gasteiger partial charge in [0, 0.05) is 87.3 Å². The number of aromatic hydroxyl groups is 3. The molecule has 4 aliphatic rings. The number of Topliss-reactive ketones (excluding diaryl/α,β-unsaturated/α-hetero) is 1. The number of phenols is 3. The number of methoxy groups -OCH3 is 1. The summed E-state index contributed by atoms with van der Waals surface area (Å²) >= 11 is 0. The summed E-state index contributed by atoms with van der Waals surface area (Å²) in [5.41, 5.74) is 0.936. The molecular formula is C51H66N4O12. The SMILES string of the molecule is COC1/C=C/OC2(C)Oc3c(C)c(O)c4c(O)c(c(/C=N/N5CCN(CCCc6ccccc6)CC5)c(O)c4c3C2=O)NC(=O)C(C)=C/C=C/C(C)C(O)C(C)C(O)C(C)C(OC(C)=O)C1C. The van der Waals surface area contributed by atoms with Crippen LogP contribution in [-0.2, 0) is 30.2 Å². The fraction of sp³-hybridized carbons (Fsp3) is 0.490. The predicted molar refractivity (Wildman–Crippen MR) is 254 cm³/mol. The van der Waals surface area contributed by atoms with Crippen molar-refractivity contribution in [3.05, 3.63) is 88.7 Å². The van der Waals surface area contributed by atoms with Gasteiger partial charge in [-0.1, -0.05) is 76.3 Å². The maximum Gasteiger partial charge on any atom is 0.312 e. The van der Waals surface area contributed by atoms with Crippen LogP contribution in [0.1, 0.15) is 81.9 Å². The minimum absolute atomic E-state index is 0.0552. The molecule has 0 aliphatic carbocycles. The molecule has 4 aliphatic heterocycles. The van der Waals surface area contributed by atoms with E-state index in [4.69, 9.17) is 18.9 Å². The summed E-state index contributed by atoms with van der Waals surface area (Å²) < 4.78 is 23.8. The summed E-state index contributed by atoms with van der Waals surface area (Å²) in [6.07, 6.45) is 6.87. The number of amides is 1. The number of anilines is 1. The van der Waals surface area contributed by atoms with Crippen LogP contribution in [0.3, 0.4) is 0 Å². The van der Waals surface area contributed by atoms with E-state index < -0.39 is 88.8 Å². The molecule has 0 spiro atoms. The lowest BCUT2D eigenvalue weighted by Crippen LogP contribution is -2.46. The lowest BCUT2D eigenvalue weighted by atomic mass is 9.78. The van der Waals surface area contributed by atoms with E-state index in [-0.39, 0.29) is 44.5 Å². The van der Waals surface area contributed by atoms with Gasteiger partial charge in [-0.15, -0.1) is 0 Å². The number of fused-ring (bicyclic) bond motifs is 14. The van der Waals surface area contributed by atoms with Gasteiger partial charge in [0.1, 0.15) is 23.4 Å². The number of hydrazone groups is 1. The number of aliphatic hydroxyl groups is 2. The van der Waals surface area contributed by atoms with E-state index in [0.717, 1.165) is 32.5 Å². The standard InChI is InChI=1S/C51H66N4O12/c1-28-15-13-16-29(2)50(63)53-41-36(27-52-55-24-22-54(23-25-55)21-14-19-35-17-11-10-12-18-35)45(60)38-39(46(41)61)44(59)33(6)48-40(38)49(62)51(8,67-48)65-26-20-37(64-9)30(3)47(66-34(7)56)32(5)43(58)31(4)42(28)57/h10-13,15-18,20,26-28,30-32,37,42-43,47,57-61H,14,19,21-25H2,1-9H3,(H,53,63)/b15-13+,26-20+,29-16?,52-27+. The molecule has 5 bridgehead atoms. The van der Waals surface area contributed by atoms with Crippen molar-refractivity contribution in [2.75, 3.05) is 45.2 Å². The number of aliphatic hydroxyl groups excluding tert-OH is 2. The van der Waals surface area contributed by atoms with Crippen molar-refractivity contribution in [3.63, 3.8) is 0 Å². The number of hydrogen-bond donors (Lipinski definition) is 6. The minimum Gasteiger partial charge on any atom is -0.507 e. The highest BCUT2D eigenvalue weighted by atomic mass is 16.7. The van der Waals surface area contributed by atoms with Crippen molar-refractivity contribution in [2.24, 2.45) is 28.8 Å². The van der Waals surface area contributed by atoms with E-state index >= 15 is 0 Å². The molecule has 16 heteroatoms. The Morgan fingerprint density at radius 3 is 2.27 bits per heavy atom. The first kappa shape index (κ1) is 50.5. The Labute approximate surface area is 392 Å². The highest BCUT2D eigenvalue weighted by Gasteiger charge is 2.50. The van der Waals surface area contributed by atoms with E-state index in [2.05, 4.69) is 27.5 Å². The molecule has 362 valence electrons. The number of aryl methyl sites for hydroxylation is 1. The average molecular weight is 927 g/mol. The number of ketones is 1. The molecule has 9 unspecified atom stereocenters. The zero-order valence-electron chi connectivity index (χ0n) is 39.9. The summed E-state index contributed by atoms with van der Waals surface area (Å²) in [6.45, 7) is 16.1. The number of hydrogen-bond acceptors (Lipinski definition) is 15. The zero-order chi connectivity index (χ0) is 48.9. The Hall–Kier alpha value is -5.94. The number of nitrogens with one attached hydrogen (secondary N) is 1. The summed E-state index contributed by atoms with van der Waals surface area (Å²) in [5.74, 6) is -8.38. The number of carbonyl (C=O) groups is 3. The van der Waals surface area contributed by atoms with Gasteiger partial charge in [0.25, 0.3) is 11.7 Å². The fourth-order valence-corrected chi connectivity index (χ4v) is 9.24. The molecular weight excluding hydrogens is 861 g/mol. The number of ether oxygens (including phenoxy) is 4. The van der Waals surface area contributed by atoms with Crippen LogP contribution >= 0.6 is 0 Å². The van der Waals surface area contributed by atoms with Crippen LogP contribution in [0.25, 0.3) is 10.8 Å². The number of piperazine rings is 1. The Morgan fingerprint density at radius 2 is 1.61 bits per heavy atom. The van der Waals surface area contributed by atoms with Gasteiger partial charge in [-0.2, -0.15) is 5.10 Å². The van der Waals surface area contributed by atoms with E-state index in [9.17, 15) is 39.9 Å². The minimum atomic E-state index is -2.06. The maximum atomic E-state index is 14.6. The smallest absolute Gasteiger partial charge is 0.312 e. The maximum absolute atomic E-state index is 14.6. The number of phenolic OH excluding ortho intramolecular Hbond substituents is 3. The molecule has 3 aromatic carbocycles. The summed E-state index contributed by atoms with van der Waals surface area (Å²) in [6, 6.07) is 10.3. The fourth-order valence-electron chi connectivity index (χ4n) is 9.24. The Bertz CT molecular complexity index is 2430. The normalized spacial score (nSPS) is 28.8. The van der Waals surface area contributed by atoms with Gasteiger partial charge in [-0.05, 0) is 44.9 Å². The molecule has 1 saturated heterocycles. The first-order valence-electron chi connectivity index (χ1n) is 22.9. The monoisotopic (exact) mass is 926 g/mol. The second kappa shape index (κ2) is 21.3. The molecule has 6 N–H and O–H groups in total. The van der Waals surface area contributed by atoms with Crippen molar-refractivity contribution in [1.29, 1.82) is 0 Å². The first-order valence-corrected chi connectivity index (χ1v) is 22.9. The number of nitrogens with zero attached hydrogens (tertiary/aromatic N) is 3. The highest BCUT2D eigenvalue weighted by molar-refractivity contribution is 6.23. The van der Waals surface area contributed by atoms with Gasteiger partial charge in [0.15, 0.2) is 5.75 Å². The van der Waals surface area contributed by atoms with Crippen molar-refractivity contribution in [1.82, 2.24) is 9.91 Å². The van der Waals surface area contributed by atoms with Gasteiger partial charge in [0.05, 0.1) is 53.0 Å². The molecule has 9 atom stereocenters. The third-order valence-corrected chi connectivity index (χ3v) is 13.5. The van der Waals surface area contributed by atoms with Crippen molar-refractivity contribution < 1.29 is 58.9 Å². The van der Waals surface area contributed by atoms with E-state index in [1.54, 1.807) is 39.8 Å². The second-order valence-electron chi connectivity index (χ2n) is 18.2. The number of esters is 1. The van der Waals surface area contributed by atoms with E-state index in [1.807, 2.05) is 23.2 Å². The lowest BCUT2D eigenvalue weighted by molar-refractivity contribution is -0.160. The third-order valence-electron chi connectivity index (χ3n) is 13.5. The number of allylic oxidation sites excluding steroid dienone is 2. The quantitative estimate of drug-likeness (QED) is 0.0629. The summed E-state index contributed by atoms with van der Waals surface area (Å²) in [5, 5.41) is 67.7. The van der Waals surface area contributed by atoms with Crippen LogP contribution in [0.15, 0.2) is 71.6 Å². The van der Waals surface area contributed by atoms with Gasteiger partial charge >= 0.3 is 11.8 Å². The number of rotatable bonds is 8. The molecule has 7 rings (SSSR count). The molecule has 1 amide bonds. The van der Waals surface area contributed by atoms with E-state index in [0.29, 0.717) is 13.1 Å². The first-order chi connectivity index (χ1) is 31.8. The molecule has 0 saturated carbocycles. The van der Waals surface area contributed by atoms with Crippen molar-refractivity contribution in [2.45, 2.75) is 98.4 Å². The molecule has 4 heterocycles. The summed E-state index contributed by atoms with van der Waals surface area (Å²) in [4.78, 5) is 43.2. The molecule has 67 heavy (non-hydrogen) atoms. The van der Waals surface area contributed by atoms with Gasteiger partial charge < -0.3 is 49.8 Å².